The number of carbonyl (C=O) groups is 1. The molecule has 0 aromatic heterocycles. The molecule has 0 N–H and O–H groups in total. The zero-order valence-electron chi connectivity index (χ0n) is 8.18. The van der Waals surface area contributed by atoms with Crippen molar-refractivity contribution in [3.05, 3.63) is 34.9 Å². The van der Waals surface area contributed by atoms with Gasteiger partial charge in [0.1, 0.15) is 0 Å². The van der Waals surface area contributed by atoms with Gasteiger partial charge in [-0.2, -0.15) is 0 Å². The Hall–Kier alpha value is -0.530. The molecule has 1 nitrogen and oxygen atoms in total. The molecule has 0 heterocycles. The number of hydrogen-bond donors (Lipinski definition) is 0. The van der Waals surface area contributed by atoms with Crippen molar-refractivity contribution in [2.24, 2.45) is 0 Å². The minimum absolute atomic E-state index is 0.367. The zero-order valence-corrected chi connectivity index (χ0v) is 9.69. The molecule has 14 heavy (non-hydrogen) atoms. The molecule has 1 aromatic rings. The Balaban J connectivity index is 3.26. The summed E-state index contributed by atoms with van der Waals surface area (Å²) < 4.78 is 0. The highest BCUT2D eigenvalue weighted by Gasteiger charge is 2.33. The summed E-state index contributed by atoms with van der Waals surface area (Å²) in [5, 5.41) is 0.221. The first-order chi connectivity index (χ1) is 6.52. The molecule has 0 amide bonds. The van der Waals surface area contributed by atoms with E-state index >= 15 is 0 Å². The summed E-state index contributed by atoms with van der Waals surface area (Å²) in [7, 11) is 0. The lowest BCUT2D eigenvalue weighted by Gasteiger charge is -2.25. The van der Waals surface area contributed by atoms with E-state index in [4.69, 9.17) is 23.2 Å². The van der Waals surface area contributed by atoms with E-state index in [0.29, 0.717) is 11.4 Å². The summed E-state index contributed by atoms with van der Waals surface area (Å²) in [5.74, 6) is 0. The van der Waals surface area contributed by atoms with Gasteiger partial charge >= 0.3 is 0 Å². The second-order valence-corrected chi connectivity index (χ2v) is 4.19. The third kappa shape index (κ3) is 1.94. The molecule has 0 aliphatic carbocycles. The van der Waals surface area contributed by atoms with Crippen molar-refractivity contribution in [2.45, 2.75) is 25.7 Å². The van der Waals surface area contributed by atoms with Crippen molar-refractivity contribution < 1.29 is 4.79 Å². The average molecular weight is 231 g/mol. The van der Waals surface area contributed by atoms with Crippen molar-refractivity contribution in [1.82, 2.24) is 0 Å². The SMILES string of the molecule is CCC(C)(C(=O)Cl)c1ccccc1Cl. The third-order valence-corrected chi connectivity index (χ3v) is 3.36. The van der Waals surface area contributed by atoms with E-state index in [1.54, 1.807) is 6.07 Å². The summed E-state index contributed by atoms with van der Waals surface area (Å²) in [6.45, 7) is 3.73. The Kier molecular flexibility index (Phi) is 3.57. The van der Waals surface area contributed by atoms with Gasteiger partial charge in [-0.05, 0) is 36.6 Å². The summed E-state index contributed by atoms with van der Waals surface area (Å²) in [6, 6.07) is 7.30. The lowest BCUT2D eigenvalue weighted by molar-refractivity contribution is -0.116. The van der Waals surface area contributed by atoms with Gasteiger partial charge in [0.15, 0.2) is 0 Å². The molecule has 0 saturated heterocycles. The smallest absolute Gasteiger partial charge is 0.231 e. The second-order valence-electron chi connectivity index (χ2n) is 3.44. The quantitative estimate of drug-likeness (QED) is 0.723. The molecular weight excluding hydrogens is 219 g/mol. The van der Waals surface area contributed by atoms with Crippen LogP contribution in [-0.2, 0) is 10.2 Å². The predicted octanol–water partition coefficient (Wildman–Crippen LogP) is 3.77. The molecule has 1 rings (SSSR count). The van der Waals surface area contributed by atoms with Gasteiger partial charge in [-0.3, -0.25) is 4.79 Å². The van der Waals surface area contributed by atoms with Crippen LogP contribution in [0.1, 0.15) is 25.8 Å². The molecular formula is C11H12Cl2O. The Labute approximate surface area is 94.0 Å². The van der Waals surface area contributed by atoms with Gasteiger partial charge in [-0.25, -0.2) is 0 Å². The number of hydrogen-bond acceptors (Lipinski definition) is 1. The van der Waals surface area contributed by atoms with Gasteiger partial charge < -0.3 is 0 Å². The first-order valence-electron chi connectivity index (χ1n) is 4.47. The highest BCUT2D eigenvalue weighted by Crippen LogP contribution is 2.34. The van der Waals surface area contributed by atoms with Gasteiger partial charge in [-0.15, -0.1) is 0 Å². The molecule has 0 fully saturated rings. The van der Waals surface area contributed by atoms with Crippen molar-refractivity contribution >= 4 is 28.4 Å². The Bertz CT molecular complexity index is 349. The summed E-state index contributed by atoms with van der Waals surface area (Å²) >= 11 is 11.6. The number of halogens is 2. The van der Waals surface area contributed by atoms with Crippen LogP contribution in [0.5, 0.6) is 0 Å². The Morgan fingerprint density at radius 1 is 1.43 bits per heavy atom. The topological polar surface area (TPSA) is 17.1 Å². The van der Waals surface area contributed by atoms with E-state index in [2.05, 4.69) is 0 Å². The van der Waals surface area contributed by atoms with Gasteiger partial charge in [0.2, 0.25) is 5.24 Å². The summed E-state index contributed by atoms with van der Waals surface area (Å²) in [5.41, 5.74) is 0.115. The molecule has 3 heteroatoms. The molecule has 0 aliphatic rings. The molecule has 1 atom stereocenters. The highest BCUT2D eigenvalue weighted by atomic mass is 35.5. The van der Waals surface area contributed by atoms with Crippen LogP contribution in [0.25, 0.3) is 0 Å². The number of carbonyl (C=O) groups excluding carboxylic acids is 1. The largest absolute Gasteiger partial charge is 0.280 e. The maximum atomic E-state index is 11.4. The van der Waals surface area contributed by atoms with E-state index in [1.807, 2.05) is 32.0 Å². The lowest BCUT2D eigenvalue weighted by atomic mass is 9.81. The number of benzene rings is 1. The predicted molar refractivity (Wildman–Crippen MR) is 60.0 cm³/mol. The van der Waals surface area contributed by atoms with Crippen LogP contribution in [0, 0.1) is 0 Å². The minimum atomic E-state index is -0.681. The fourth-order valence-corrected chi connectivity index (χ4v) is 1.92. The van der Waals surface area contributed by atoms with Crippen molar-refractivity contribution in [3.8, 4) is 0 Å². The van der Waals surface area contributed by atoms with Crippen LogP contribution in [0.15, 0.2) is 24.3 Å². The van der Waals surface area contributed by atoms with Crippen molar-refractivity contribution in [3.63, 3.8) is 0 Å². The highest BCUT2D eigenvalue weighted by molar-refractivity contribution is 6.65. The van der Waals surface area contributed by atoms with E-state index < -0.39 is 5.41 Å². The minimum Gasteiger partial charge on any atom is -0.280 e. The van der Waals surface area contributed by atoms with Crippen LogP contribution in [0.2, 0.25) is 5.02 Å². The number of rotatable bonds is 3. The Morgan fingerprint density at radius 2 is 2.00 bits per heavy atom. The molecule has 0 bridgehead atoms. The van der Waals surface area contributed by atoms with Crippen LogP contribution in [0.4, 0.5) is 0 Å². The monoisotopic (exact) mass is 230 g/mol. The fraction of sp³-hybridized carbons (Fsp3) is 0.364. The van der Waals surface area contributed by atoms with Crippen LogP contribution < -0.4 is 0 Å². The Morgan fingerprint density at radius 3 is 2.43 bits per heavy atom. The molecule has 76 valence electrons. The summed E-state index contributed by atoms with van der Waals surface area (Å²) in [6.07, 6.45) is 0.638. The van der Waals surface area contributed by atoms with Crippen LogP contribution >= 0.6 is 23.2 Å². The maximum absolute atomic E-state index is 11.4. The standard InChI is InChI=1S/C11H12Cl2O/c1-3-11(2,10(13)14)8-6-4-5-7-9(8)12/h4-7H,3H2,1-2H3. The molecule has 0 aliphatic heterocycles. The van der Waals surface area contributed by atoms with E-state index in [9.17, 15) is 4.79 Å². The lowest BCUT2D eigenvalue weighted by Crippen LogP contribution is -2.28. The zero-order chi connectivity index (χ0) is 10.8. The normalized spacial score (nSPS) is 14.9. The van der Waals surface area contributed by atoms with Crippen molar-refractivity contribution in [1.29, 1.82) is 0 Å². The van der Waals surface area contributed by atoms with Crippen molar-refractivity contribution in [2.75, 3.05) is 0 Å². The molecule has 1 unspecified atom stereocenters. The second kappa shape index (κ2) is 4.33. The van der Waals surface area contributed by atoms with E-state index in [0.717, 1.165) is 5.56 Å². The first kappa shape index (κ1) is 11.5. The van der Waals surface area contributed by atoms with Gasteiger partial charge in [0, 0.05) is 5.02 Å². The van der Waals surface area contributed by atoms with E-state index in [-0.39, 0.29) is 5.24 Å². The molecule has 0 spiro atoms. The maximum Gasteiger partial charge on any atom is 0.231 e. The van der Waals surface area contributed by atoms with Crippen LogP contribution in [-0.4, -0.2) is 5.24 Å². The average Bonchev–Trinajstić information content (AvgIpc) is 2.17. The summed E-state index contributed by atoms with van der Waals surface area (Å²) in [4.78, 5) is 11.4. The van der Waals surface area contributed by atoms with Gasteiger partial charge in [0.05, 0.1) is 5.41 Å². The van der Waals surface area contributed by atoms with Gasteiger partial charge in [0.25, 0.3) is 0 Å². The molecule has 1 aromatic carbocycles. The van der Waals surface area contributed by atoms with E-state index in [1.165, 1.54) is 0 Å². The molecule has 0 radical (unpaired) electrons. The van der Waals surface area contributed by atoms with Crippen LogP contribution in [0.3, 0.4) is 0 Å². The third-order valence-electron chi connectivity index (χ3n) is 2.61. The molecule has 0 saturated carbocycles. The van der Waals surface area contributed by atoms with Gasteiger partial charge in [-0.1, -0.05) is 36.7 Å². The first-order valence-corrected chi connectivity index (χ1v) is 5.23. The fourth-order valence-electron chi connectivity index (χ4n) is 1.34.